The maximum absolute atomic E-state index is 12.7. The lowest BCUT2D eigenvalue weighted by Crippen LogP contribution is -2.39. The van der Waals surface area contributed by atoms with Gasteiger partial charge in [-0.3, -0.25) is 4.79 Å². The van der Waals surface area contributed by atoms with Crippen LogP contribution in [0.15, 0.2) is 24.3 Å². The highest BCUT2D eigenvalue weighted by Gasteiger charge is 2.40. The van der Waals surface area contributed by atoms with Crippen molar-refractivity contribution in [2.45, 2.75) is 25.4 Å². The van der Waals surface area contributed by atoms with E-state index < -0.39 is 17.9 Å². The smallest absolute Gasteiger partial charge is 0.303 e. The van der Waals surface area contributed by atoms with Crippen molar-refractivity contribution in [3.63, 3.8) is 0 Å². The van der Waals surface area contributed by atoms with Crippen LogP contribution in [0.5, 0.6) is 0 Å². The van der Waals surface area contributed by atoms with Crippen molar-refractivity contribution in [2.75, 3.05) is 19.6 Å². The van der Waals surface area contributed by atoms with Gasteiger partial charge >= 0.3 is 6.18 Å². The molecule has 1 aromatic carbocycles. The van der Waals surface area contributed by atoms with E-state index in [0.717, 1.165) is 0 Å². The molecule has 0 spiro atoms. The largest absolute Gasteiger partial charge is 0.391 e. The number of likely N-dealkylation sites (tertiary alicyclic amines) is 1. The number of rotatable bonds is 4. The van der Waals surface area contributed by atoms with Crippen LogP contribution in [0.2, 0.25) is 0 Å². The monoisotopic (exact) mass is 303 g/mol. The fourth-order valence-electron chi connectivity index (χ4n) is 2.52. The SMILES string of the molecule is O=C(CCN1CCC(C(F)(F)F)CC1)c1ccc(F)cc1. The first-order chi connectivity index (χ1) is 9.86. The molecule has 1 heterocycles. The predicted octanol–water partition coefficient (Wildman–Crippen LogP) is 3.67. The van der Waals surface area contributed by atoms with Gasteiger partial charge in [0.2, 0.25) is 0 Å². The molecule has 0 saturated carbocycles. The molecule has 2 nitrogen and oxygen atoms in total. The zero-order valence-corrected chi connectivity index (χ0v) is 11.5. The molecule has 0 amide bonds. The molecule has 116 valence electrons. The number of ketones is 1. The average Bonchev–Trinajstić information content (AvgIpc) is 2.45. The zero-order valence-electron chi connectivity index (χ0n) is 11.5. The summed E-state index contributed by atoms with van der Waals surface area (Å²) in [6.45, 7) is 1.17. The van der Waals surface area contributed by atoms with Crippen molar-refractivity contribution in [3.05, 3.63) is 35.6 Å². The molecule has 0 atom stereocenters. The van der Waals surface area contributed by atoms with Crippen molar-refractivity contribution in [1.82, 2.24) is 4.90 Å². The molecule has 21 heavy (non-hydrogen) atoms. The van der Waals surface area contributed by atoms with E-state index in [2.05, 4.69) is 0 Å². The van der Waals surface area contributed by atoms with Gasteiger partial charge < -0.3 is 4.90 Å². The van der Waals surface area contributed by atoms with E-state index in [0.29, 0.717) is 25.2 Å². The van der Waals surface area contributed by atoms with E-state index in [1.165, 1.54) is 24.3 Å². The lowest BCUT2D eigenvalue weighted by Gasteiger charge is -2.32. The second-order valence-electron chi connectivity index (χ2n) is 5.34. The topological polar surface area (TPSA) is 20.3 Å². The first-order valence-corrected chi connectivity index (χ1v) is 6.94. The van der Waals surface area contributed by atoms with Gasteiger partial charge in [-0.25, -0.2) is 4.39 Å². The van der Waals surface area contributed by atoms with Crippen molar-refractivity contribution < 1.29 is 22.4 Å². The van der Waals surface area contributed by atoms with Gasteiger partial charge in [0.05, 0.1) is 5.92 Å². The molecule has 1 saturated heterocycles. The molecule has 0 bridgehead atoms. The molecule has 2 rings (SSSR count). The Bertz CT molecular complexity index is 475. The van der Waals surface area contributed by atoms with Crippen LogP contribution < -0.4 is 0 Å². The Balaban J connectivity index is 1.77. The molecule has 1 aliphatic rings. The fourth-order valence-corrected chi connectivity index (χ4v) is 2.52. The summed E-state index contributed by atoms with van der Waals surface area (Å²) in [6, 6.07) is 5.30. The number of Topliss-reactive ketones (excluding diaryl/α,β-unsaturated/α-hetero) is 1. The number of halogens is 4. The van der Waals surface area contributed by atoms with Crippen LogP contribution in [0.1, 0.15) is 29.6 Å². The number of piperidine rings is 1. The van der Waals surface area contributed by atoms with E-state index in [1.54, 1.807) is 0 Å². The molecular formula is C15H17F4NO. The predicted molar refractivity (Wildman–Crippen MR) is 70.6 cm³/mol. The van der Waals surface area contributed by atoms with Crippen LogP contribution in [-0.2, 0) is 0 Å². The zero-order chi connectivity index (χ0) is 15.5. The summed E-state index contributed by atoms with van der Waals surface area (Å²) in [5.74, 6) is -1.74. The van der Waals surface area contributed by atoms with Gasteiger partial charge in [-0.15, -0.1) is 0 Å². The summed E-state index contributed by atoms with van der Waals surface area (Å²) in [7, 11) is 0. The Morgan fingerprint density at radius 3 is 2.24 bits per heavy atom. The Morgan fingerprint density at radius 1 is 1.14 bits per heavy atom. The molecule has 1 aliphatic heterocycles. The quantitative estimate of drug-likeness (QED) is 0.625. The first kappa shape index (κ1) is 15.9. The molecular weight excluding hydrogens is 286 g/mol. The average molecular weight is 303 g/mol. The Kier molecular flexibility index (Phi) is 4.98. The summed E-state index contributed by atoms with van der Waals surface area (Å²) in [5, 5.41) is 0. The van der Waals surface area contributed by atoms with Gasteiger partial charge in [-0.1, -0.05) is 0 Å². The number of nitrogens with zero attached hydrogens (tertiary/aromatic N) is 1. The van der Waals surface area contributed by atoms with Crippen molar-refractivity contribution in [1.29, 1.82) is 0 Å². The van der Waals surface area contributed by atoms with Gasteiger partial charge in [-0.05, 0) is 50.2 Å². The standard InChI is InChI=1S/C15H17F4NO/c16-13-3-1-11(2-4-13)14(21)7-10-20-8-5-12(6-9-20)15(17,18)19/h1-4,12H,5-10H2. The van der Waals surface area contributed by atoms with Crippen LogP contribution in [-0.4, -0.2) is 36.5 Å². The minimum Gasteiger partial charge on any atom is -0.303 e. The second-order valence-corrected chi connectivity index (χ2v) is 5.34. The Labute approximate surface area is 120 Å². The second kappa shape index (κ2) is 6.56. The molecule has 0 aromatic heterocycles. The molecule has 0 radical (unpaired) electrons. The van der Waals surface area contributed by atoms with Crippen LogP contribution in [0.4, 0.5) is 17.6 Å². The van der Waals surface area contributed by atoms with Crippen LogP contribution in [0.3, 0.4) is 0 Å². The van der Waals surface area contributed by atoms with E-state index >= 15 is 0 Å². The van der Waals surface area contributed by atoms with Crippen LogP contribution in [0.25, 0.3) is 0 Å². The van der Waals surface area contributed by atoms with E-state index in [4.69, 9.17) is 0 Å². The maximum Gasteiger partial charge on any atom is 0.391 e. The lowest BCUT2D eigenvalue weighted by molar-refractivity contribution is -0.185. The summed E-state index contributed by atoms with van der Waals surface area (Å²) in [4.78, 5) is 13.8. The minimum atomic E-state index is -4.12. The first-order valence-electron chi connectivity index (χ1n) is 6.94. The van der Waals surface area contributed by atoms with Gasteiger partial charge in [0.1, 0.15) is 5.82 Å². The third-order valence-corrected chi connectivity index (χ3v) is 3.87. The van der Waals surface area contributed by atoms with Crippen molar-refractivity contribution >= 4 is 5.78 Å². The Hall–Kier alpha value is -1.43. The van der Waals surface area contributed by atoms with Gasteiger partial charge in [0.25, 0.3) is 0 Å². The van der Waals surface area contributed by atoms with Crippen LogP contribution >= 0.6 is 0 Å². The van der Waals surface area contributed by atoms with Gasteiger partial charge in [-0.2, -0.15) is 13.2 Å². The highest BCUT2D eigenvalue weighted by atomic mass is 19.4. The minimum absolute atomic E-state index is 0.0915. The summed E-state index contributed by atoms with van der Waals surface area (Å²) < 4.78 is 50.3. The third-order valence-electron chi connectivity index (χ3n) is 3.87. The maximum atomic E-state index is 12.7. The summed E-state index contributed by atoms with van der Waals surface area (Å²) in [6.07, 6.45) is -3.69. The Morgan fingerprint density at radius 2 is 1.71 bits per heavy atom. The van der Waals surface area contributed by atoms with E-state index in [9.17, 15) is 22.4 Å². The van der Waals surface area contributed by atoms with Crippen molar-refractivity contribution in [3.8, 4) is 0 Å². The fraction of sp³-hybridized carbons (Fsp3) is 0.533. The number of carbonyl (C=O) groups is 1. The lowest BCUT2D eigenvalue weighted by atomic mass is 9.96. The number of carbonyl (C=O) groups excluding carboxylic acids is 1. The highest BCUT2D eigenvalue weighted by molar-refractivity contribution is 5.96. The molecule has 1 aromatic rings. The third kappa shape index (κ3) is 4.52. The van der Waals surface area contributed by atoms with Crippen LogP contribution in [0, 0.1) is 11.7 Å². The summed E-state index contributed by atoms with van der Waals surface area (Å²) >= 11 is 0. The number of benzene rings is 1. The molecule has 0 N–H and O–H groups in total. The normalized spacial score (nSPS) is 17.9. The molecule has 6 heteroatoms. The molecule has 0 unspecified atom stereocenters. The number of hydrogen-bond donors (Lipinski definition) is 0. The molecule has 0 aliphatic carbocycles. The van der Waals surface area contributed by atoms with E-state index in [-0.39, 0.29) is 25.0 Å². The highest BCUT2D eigenvalue weighted by Crippen LogP contribution is 2.34. The summed E-state index contributed by atoms with van der Waals surface area (Å²) in [5.41, 5.74) is 0.432. The van der Waals surface area contributed by atoms with Crippen molar-refractivity contribution in [2.24, 2.45) is 5.92 Å². The molecule has 1 fully saturated rings. The number of hydrogen-bond acceptors (Lipinski definition) is 2. The van der Waals surface area contributed by atoms with Gasteiger partial charge in [0, 0.05) is 18.5 Å². The number of alkyl halides is 3. The van der Waals surface area contributed by atoms with E-state index in [1.807, 2.05) is 4.90 Å². The van der Waals surface area contributed by atoms with Gasteiger partial charge in [0.15, 0.2) is 5.78 Å².